The fourth-order valence-corrected chi connectivity index (χ4v) is 2.73. The van der Waals surface area contributed by atoms with Crippen molar-refractivity contribution >= 4 is 17.3 Å². The molecular formula is C17H23N5O. The molecule has 3 rings (SSSR count). The van der Waals surface area contributed by atoms with Crippen LogP contribution in [0, 0.1) is 0 Å². The van der Waals surface area contributed by atoms with Crippen molar-refractivity contribution in [3.8, 4) is 0 Å². The normalized spacial score (nSPS) is 14.3. The molecule has 6 heteroatoms. The summed E-state index contributed by atoms with van der Waals surface area (Å²) in [4.78, 5) is 8.43. The lowest BCUT2D eigenvalue weighted by molar-refractivity contribution is 0.518. The van der Waals surface area contributed by atoms with Gasteiger partial charge in [0.25, 0.3) is 0 Å². The first-order valence-electron chi connectivity index (χ1n) is 8.11. The summed E-state index contributed by atoms with van der Waals surface area (Å²) in [7, 11) is 0. The molecule has 0 saturated heterocycles. The number of hydrogen-bond donors (Lipinski definition) is 3. The van der Waals surface area contributed by atoms with Gasteiger partial charge in [-0.3, -0.25) is 0 Å². The monoisotopic (exact) mass is 313 g/mol. The Kier molecular flexibility index (Phi) is 5.13. The second kappa shape index (κ2) is 7.67. The van der Waals surface area contributed by atoms with E-state index in [9.17, 15) is 0 Å². The van der Waals surface area contributed by atoms with E-state index in [1.807, 2.05) is 12.1 Å². The smallest absolute Gasteiger partial charge is 0.155 e. The maximum atomic E-state index is 6.15. The first-order chi connectivity index (χ1) is 11.3. The third-order valence-corrected chi connectivity index (χ3v) is 4.02. The molecule has 0 amide bonds. The van der Waals surface area contributed by atoms with E-state index in [-0.39, 0.29) is 0 Å². The Labute approximate surface area is 136 Å². The fourth-order valence-electron chi connectivity index (χ4n) is 2.73. The molecule has 0 unspecified atom stereocenters. The summed E-state index contributed by atoms with van der Waals surface area (Å²) in [6.45, 7) is 1.38. The number of nitrogens with two attached hydrogens (primary N) is 1. The zero-order valence-electron chi connectivity index (χ0n) is 13.2. The van der Waals surface area contributed by atoms with Crippen molar-refractivity contribution < 1.29 is 4.42 Å². The van der Waals surface area contributed by atoms with Crippen LogP contribution in [0.4, 0.5) is 17.3 Å². The van der Waals surface area contributed by atoms with Crippen LogP contribution in [-0.4, -0.2) is 16.5 Å². The Morgan fingerprint density at radius 3 is 2.78 bits per heavy atom. The third kappa shape index (κ3) is 4.25. The van der Waals surface area contributed by atoms with Crippen LogP contribution in [-0.2, 0) is 6.54 Å². The number of hydrogen-bond acceptors (Lipinski definition) is 6. The minimum Gasteiger partial charge on any atom is -0.467 e. The highest BCUT2D eigenvalue weighted by molar-refractivity contribution is 5.73. The van der Waals surface area contributed by atoms with Gasteiger partial charge in [0.2, 0.25) is 0 Å². The van der Waals surface area contributed by atoms with Gasteiger partial charge >= 0.3 is 0 Å². The third-order valence-electron chi connectivity index (χ3n) is 4.02. The molecule has 0 spiro atoms. The number of rotatable bonds is 7. The molecular weight excluding hydrogens is 290 g/mol. The molecule has 0 saturated carbocycles. The predicted molar refractivity (Wildman–Crippen MR) is 92.1 cm³/mol. The largest absolute Gasteiger partial charge is 0.467 e. The number of furan rings is 1. The number of aromatic nitrogens is 2. The van der Waals surface area contributed by atoms with E-state index in [1.165, 1.54) is 37.6 Å². The van der Waals surface area contributed by atoms with Gasteiger partial charge in [0, 0.05) is 6.54 Å². The summed E-state index contributed by atoms with van der Waals surface area (Å²) in [6.07, 6.45) is 11.6. The number of allylic oxidation sites excluding steroid dienone is 1. The Morgan fingerprint density at radius 2 is 2.04 bits per heavy atom. The highest BCUT2D eigenvalue weighted by atomic mass is 16.3. The molecule has 1 aliphatic carbocycles. The van der Waals surface area contributed by atoms with E-state index in [1.54, 1.807) is 6.26 Å². The fraction of sp³-hybridized carbons (Fsp3) is 0.412. The number of nitrogens with zero attached hydrogens (tertiary/aromatic N) is 2. The van der Waals surface area contributed by atoms with Gasteiger partial charge < -0.3 is 20.8 Å². The SMILES string of the molecule is Nc1c(NCCC2=CCCCC2)ncnc1NCc1ccco1. The number of nitrogens with one attached hydrogen (secondary N) is 2. The van der Waals surface area contributed by atoms with Gasteiger partial charge in [-0.25, -0.2) is 9.97 Å². The molecule has 0 fully saturated rings. The standard InChI is InChI=1S/C17H23N5O/c18-15-16(19-9-8-13-5-2-1-3-6-13)21-12-22-17(15)20-11-14-7-4-10-23-14/h4-5,7,10,12H,1-3,6,8-9,11,18H2,(H2,19,20,21,22). The van der Waals surface area contributed by atoms with Crippen molar-refractivity contribution in [2.75, 3.05) is 22.9 Å². The molecule has 2 aromatic heterocycles. The van der Waals surface area contributed by atoms with Crippen molar-refractivity contribution in [1.82, 2.24) is 9.97 Å². The van der Waals surface area contributed by atoms with Gasteiger partial charge in [-0.15, -0.1) is 0 Å². The van der Waals surface area contributed by atoms with E-state index in [2.05, 4.69) is 26.7 Å². The number of anilines is 3. The summed E-state index contributed by atoms with van der Waals surface area (Å²) in [5.74, 6) is 2.14. The summed E-state index contributed by atoms with van der Waals surface area (Å²) >= 11 is 0. The lowest BCUT2D eigenvalue weighted by atomic mass is 9.97. The van der Waals surface area contributed by atoms with Crippen LogP contribution in [0.1, 0.15) is 37.9 Å². The molecule has 0 aliphatic heterocycles. The Hall–Kier alpha value is -2.50. The zero-order chi connectivity index (χ0) is 15.9. The quantitative estimate of drug-likeness (QED) is 0.677. The molecule has 0 bridgehead atoms. The highest BCUT2D eigenvalue weighted by Crippen LogP contribution is 2.24. The summed E-state index contributed by atoms with van der Waals surface area (Å²) in [5.41, 5.74) is 8.22. The van der Waals surface area contributed by atoms with Gasteiger partial charge in [-0.1, -0.05) is 11.6 Å². The van der Waals surface area contributed by atoms with Gasteiger partial charge in [-0.2, -0.15) is 0 Å². The van der Waals surface area contributed by atoms with E-state index in [4.69, 9.17) is 10.2 Å². The highest BCUT2D eigenvalue weighted by Gasteiger charge is 2.09. The van der Waals surface area contributed by atoms with Crippen LogP contribution in [0.25, 0.3) is 0 Å². The topological polar surface area (TPSA) is 89.0 Å². The van der Waals surface area contributed by atoms with Crippen molar-refractivity contribution in [2.45, 2.75) is 38.6 Å². The molecule has 6 nitrogen and oxygen atoms in total. The molecule has 2 heterocycles. The zero-order valence-corrected chi connectivity index (χ0v) is 13.2. The van der Waals surface area contributed by atoms with Crippen LogP contribution in [0.5, 0.6) is 0 Å². The molecule has 2 aromatic rings. The second-order valence-corrected chi connectivity index (χ2v) is 5.70. The minimum atomic E-state index is 0.539. The Bertz CT molecular complexity index is 651. The predicted octanol–water partition coefficient (Wildman–Crippen LogP) is 3.57. The van der Waals surface area contributed by atoms with Crippen LogP contribution >= 0.6 is 0 Å². The van der Waals surface area contributed by atoms with E-state index >= 15 is 0 Å². The average Bonchev–Trinajstić information content (AvgIpc) is 3.10. The van der Waals surface area contributed by atoms with Gasteiger partial charge in [0.1, 0.15) is 17.8 Å². The molecule has 122 valence electrons. The maximum Gasteiger partial charge on any atom is 0.155 e. The second-order valence-electron chi connectivity index (χ2n) is 5.70. The van der Waals surface area contributed by atoms with Crippen LogP contribution in [0.15, 0.2) is 40.8 Å². The van der Waals surface area contributed by atoms with Crippen LogP contribution in [0.3, 0.4) is 0 Å². The molecule has 1 aliphatic rings. The van der Waals surface area contributed by atoms with E-state index in [0.29, 0.717) is 23.9 Å². The molecule has 0 atom stereocenters. The van der Waals surface area contributed by atoms with Crippen LogP contribution in [0.2, 0.25) is 0 Å². The first-order valence-corrected chi connectivity index (χ1v) is 8.11. The van der Waals surface area contributed by atoms with Gasteiger partial charge in [0.15, 0.2) is 11.6 Å². The molecule has 4 N–H and O–H groups in total. The van der Waals surface area contributed by atoms with Gasteiger partial charge in [0.05, 0.1) is 12.8 Å². The van der Waals surface area contributed by atoms with Gasteiger partial charge in [-0.05, 0) is 44.2 Å². The summed E-state index contributed by atoms with van der Waals surface area (Å²) in [6, 6.07) is 3.76. The van der Waals surface area contributed by atoms with E-state index < -0.39 is 0 Å². The average molecular weight is 313 g/mol. The molecule has 0 radical (unpaired) electrons. The molecule has 23 heavy (non-hydrogen) atoms. The van der Waals surface area contributed by atoms with Crippen molar-refractivity contribution in [3.05, 3.63) is 42.1 Å². The maximum absolute atomic E-state index is 6.15. The molecule has 0 aromatic carbocycles. The van der Waals surface area contributed by atoms with Crippen molar-refractivity contribution in [2.24, 2.45) is 0 Å². The minimum absolute atomic E-state index is 0.539. The lowest BCUT2D eigenvalue weighted by Gasteiger charge is -2.14. The van der Waals surface area contributed by atoms with Crippen molar-refractivity contribution in [3.63, 3.8) is 0 Å². The first kappa shape index (κ1) is 15.4. The Balaban J connectivity index is 1.54. The number of nitrogen functional groups attached to an aromatic ring is 1. The Morgan fingerprint density at radius 1 is 1.17 bits per heavy atom. The van der Waals surface area contributed by atoms with Crippen molar-refractivity contribution in [1.29, 1.82) is 0 Å². The van der Waals surface area contributed by atoms with Crippen LogP contribution < -0.4 is 16.4 Å². The summed E-state index contributed by atoms with van der Waals surface area (Å²) < 4.78 is 5.29. The lowest BCUT2D eigenvalue weighted by Crippen LogP contribution is -2.11. The summed E-state index contributed by atoms with van der Waals surface area (Å²) in [5, 5.41) is 6.49. The van der Waals surface area contributed by atoms with E-state index in [0.717, 1.165) is 18.7 Å².